The molecule has 2 N–H and O–H groups in total. The highest BCUT2D eigenvalue weighted by Gasteiger charge is 2.12. The van der Waals surface area contributed by atoms with E-state index >= 15 is 0 Å². The molecule has 7 heteroatoms. The summed E-state index contributed by atoms with van der Waals surface area (Å²) in [6, 6.07) is 14.3. The molecule has 0 aliphatic rings. The summed E-state index contributed by atoms with van der Waals surface area (Å²) in [5.74, 6) is -0.187. The van der Waals surface area contributed by atoms with E-state index in [2.05, 4.69) is 15.6 Å². The van der Waals surface area contributed by atoms with Gasteiger partial charge in [-0.1, -0.05) is 35.9 Å². The van der Waals surface area contributed by atoms with Gasteiger partial charge in [0.25, 0.3) is 0 Å². The highest BCUT2D eigenvalue weighted by Crippen LogP contribution is 2.31. The summed E-state index contributed by atoms with van der Waals surface area (Å²) in [5.41, 5.74) is 4.11. The molecule has 29 heavy (non-hydrogen) atoms. The predicted octanol–water partition coefficient (Wildman–Crippen LogP) is 5.43. The first-order valence-corrected chi connectivity index (χ1v) is 9.41. The van der Waals surface area contributed by atoms with Crippen molar-refractivity contribution in [3.8, 4) is 11.1 Å². The lowest BCUT2D eigenvalue weighted by Crippen LogP contribution is -2.14. The maximum absolute atomic E-state index is 12.7. The maximum atomic E-state index is 12.7. The fourth-order valence-corrected chi connectivity index (χ4v) is 3.23. The van der Waals surface area contributed by atoms with Crippen molar-refractivity contribution in [3.05, 3.63) is 77.1 Å². The number of anilines is 2. The summed E-state index contributed by atoms with van der Waals surface area (Å²) < 4.78 is 25.3. The second-order valence-corrected chi connectivity index (χ2v) is 6.91. The molecule has 0 radical (unpaired) electrons. The lowest BCUT2D eigenvalue weighted by molar-refractivity contribution is -0.115. The third-order valence-electron chi connectivity index (χ3n) is 4.38. The maximum Gasteiger partial charge on any atom is 0.242 e. The molecule has 0 saturated heterocycles. The van der Waals surface area contributed by atoms with Crippen LogP contribution in [0.25, 0.3) is 11.1 Å². The van der Waals surface area contributed by atoms with Crippen LogP contribution in [-0.2, 0) is 17.6 Å². The largest absolute Gasteiger partial charge is 0.388 e. The number of alkyl halides is 2. The summed E-state index contributed by atoms with van der Waals surface area (Å²) in [4.78, 5) is 16.4. The molecule has 0 atom stereocenters. The van der Waals surface area contributed by atoms with Gasteiger partial charge in [0.2, 0.25) is 12.3 Å². The topological polar surface area (TPSA) is 54.0 Å². The third kappa shape index (κ3) is 5.51. The van der Waals surface area contributed by atoms with Crippen LogP contribution in [-0.4, -0.2) is 24.4 Å². The van der Waals surface area contributed by atoms with Gasteiger partial charge in [-0.15, -0.1) is 0 Å². The molecular weight excluding hydrogens is 396 g/mol. The number of carbonyl (C=O) groups excluding carboxylic acids is 1. The van der Waals surface area contributed by atoms with Gasteiger partial charge >= 0.3 is 0 Å². The molecule has 3 rings (SSSR count). The molecule has 0 aliphatic heterocycles. The molecule has 1 aromatic heterocycles. The molecule has 1 heterocycles. The van der Waals surface area contributed by atoms with Gasteiger partial charge < -0.3 is 10.6 Å². The van der Waals surface area contributed by atoms with Crippen LogP contribution in [0.3, 0.4) is 0 Å². The zero-order valence-electron chi connectivity index (χ0n) is 15.8. The van der Waals surface area contributed by atoms with E-state index in [0.717, 1.165) is 22.4 Å². The molecule has 0 spiro atoms. The fraction of sp³-hybridized carbons (Fsp3) is 0.182. The molecule has 0 fully saturated rings. The summed E-state index contributed by atoms with van der Waals surface area (Å²) >= 11 is 6.11. The second kappa shape index (κ2) is 9.47. The Labute approximate surface area is 172 Å². The van der Waals surface area contributed by atoms with Gasteiger partial charge in [-0.05, 0) is 35.4 Å². The van der Waals surface area contributed by atoms with Crippen LogP contribution in [0.2, 0.25) is 5.02 Å². The first-order valence-electron chi connectivity index (χ1n) is 9.03. The zero-order chi connectivity index (χ0) is 20.8. The Bertz CT molecular complexity index is 1010. The lowest BCUT2D eigenvalue weighted by Gasteiger charge is -2.13. The summed E-state index contributed by atoms with van der Waals surface area (Å²) in [6.07, 6.45) is 0.465. The Hall–Kier alpha value is -2.99. The number of pyridine rings is 1. The van der Waals surface area contributed by atoms with Crippen LogP contribution in [0.4, 0.5) is 20.2 Å². The van der Waals surface area contributed by atoms with Crippen LogP contribution in [0, 0.1) is 0 Å². The van der Waals surface area contributed by atoms with Crippen LogP contribution in [0.15, 0.2) is 60.9 Å². The van der Waals surface area contributed by atoms with Crippen molar-refractivity contribution in [2.24, 2.45) is 0 Å². The number of aromatic nitrogens is 1. The van der Waals surface area contributed by atoms with Crippen molar-refractivity contribution in [1.82, 2.24) is 4.98 Å². The van der Waals surface area contributed by atoms with Crippen LogP contribution < -0.4 is 10.6 Å². The minimum absolute atomic E-state index is 0.163. The molecule has 1 amide bonds. The SMILES string of the molecule is CNc1cc(NC(=O)Cc2ccccc2Cl)ccc1-c1cncc(CC(F)F)c1. The quantitative estimate of drug-likeness (QED) is 0.540. The highest BCUT2D eigenvalue weighted by atomic mass is 35.5. The minimum atomic E-state index is -2.42. The van der Waals surface area contributed by atoms with Gasteiger partial charge in [-0.25, -0.2) is 8.78 Å². The van der Waals surface area contributed by atoms with Gasteiger partial charge in [0.05, 0.1) is 6.42 Å². The normalized spacial score (nSPS) is 10.8. The van der Waals surface area contributed by atoms with E-state index in [1.165, 1.54) is 6.20 Å². The van der Waals surface area contributed by atoms with E-state index in [1.807, 2.05) is 24.3 Å². The van der Waals surface area contributed by atoms with Crippen molar-refractivity contribution >= 4 is 28.9 Å². The number of hydrogen-bond donors (Lipinski definition) is 2. The summed E-state index contributed by atoms with van der Waals surface area (Å²) in [7, 11) is 1.75. The Balaban J connectivity index is 1.78. The van der Waals surface area contributed by atoms with Crippen LogP contribution in [0.1, 0.15) is 11.1 Å². The minimum Gasteiger partial charge on any atom is -0.388 e. The van der Waals surface area contributed by atoms with Gasteiger partial charge in [0, 0.05) is 53.4 Å². The monoisotopic (exact) mass is 415 g/mol. The van der Waals surface area contributed by atoms with Crippen molar-refractivity contribution < 1.29 is 13.6 Å². The summed E-state index contributed by atoms with van der Waals surface area (Å²) in [6.45, 7) is 0. The van der Waals surface area contributed by atoms with Crippen molar-refractivity contribution in [1.29, 1.82) is 0 Å². The third-order valence-corrected chi connectivity index (χ3v) is 4.75. The molecular formula is C22H20ClF2N3O. The number of benzene rings is 2. The average Bonchev–Trinajstić information content (AvgIpc) is 2.69. The van der Waals surface area contributed by atoms with Crippen molar-refractivity contribution in [3.63, 3.8) is 0 Å². The number of amides is 1. The van der Waals surface area contributed by atoms with Crippen LogP contribution in [0.5, 0.6) is 0 Å². The fourth-order valence-electron chi connectivity index (χ4n) is 3.03. The Morgan fingerprint density at radius 2 is 1.93 bits per heavy atom. The number of rotatable bonds is 7. The molecule has 0 unspecified atom stereocenters. The smallest absolute Gasteiger partial charge is 0.242 e. The zero-order valence-corrected chi connectivity index (χ0v) is 16.5. The Morgan fingerprint density at radius 3 is 2.66 bits per heavy atom. The van der Waals surface area contributed by atoms with E-state index in [4.69, 9.17) is 11.6 Å². The van der Waals surface area contributed by atoms with Crippen molar-refractivity contribution in [2.75, 3.05) is 17.7 Å². The van der Waals surface area contributed by atoms with Crippen LogP contribution >= 0.6 is 11.6 Å². The lowest BCUT2D eigenvalue weighted by atomic mass is 10.0. The number of nitrogens with one attached hydrogen (secondary N) is 2. The van der Waals surface area contributed by atoms with E-state index in [-0.39, 0.29) is 18.7 Å². The van der Waals surface area contributed by atoms with E-state index in [0.29, 0.717) is 16.3 Å². The molecule has 2 aromatic carbocycles. The molecule has 0 bridgehead atoms. The number of hydrogen-bond acceptors (Lipinski definition) is 3. The van der Waals surface area contributed by atoms with E-state index in [9.17, 15) is 13.6 Å². The Kier molecular flexibility index (Phi) is 6.77. The van der Waals surface area contributed by atoms with Gasteiger partial charge in [0.15, 0.2) is 0 Å². The number of halogens is 3. The second-order valence-electron chi connectivity index (χ2n) is 6.50. The van der Waals surface area contributed by atoms with Crippen molar-refractivity contribution in [2.45, 2.75) is 19.3 Å². The first-order chi connectivity index (χ1) is 14.0. The Morgan fingerprint density at radius 1 is 1.14 bits per heavy atom. The first kappa shape index (κ1) is 20.7. The number of nitrogens with zero attached hydrogens (tertiary/aromatic N) is 1. The number of carbonyl (C=O) groups is 1. The highest BCUT2D eigenvalue weighted by molar-refractivity contribution is 6.31. The van der Waals surface area contributed by atoms with Gasteiger partial charge in [0.1, 0.15) is 0 Å². The molecule has 3 aromatic rings. The van der Waals surface area contributed by atoms with Gasteiger partial charge in [-0.3, -0.25) is 9.78 Å². The predicted molar refractivity (Wildman–Crippen MR) is 113 cm³/mol. The average molecular weight is 416 g/mol. The van der Waals surface area contributed by atoms with E-state index < -0.39 is 6.43 Å². The standard InChI is InChI=1S/C22H20ClF2N3O/c1-26-20-11-17(28-22(29)10-15-4-2-3-5-19(15)23)6-7-18(20)16-8-14(9-21(24)25)12-27-13-16/h2-8,11-13,21,26H,9-10H2,1H3,(H,28,29). The molecule has 4 nitrogen and oxygen atoms in total. The van der Waals surface area contributed by atoms with E-state index in [1.54, 1.807) is 37.5 Å². The summed E-state index contributed by atoms with van der Waals surface area (Å²) in [5, 5.41) is 6.48. The molecule has 0 saturated carbocycles. The molecule has 0 aliphatic carbocycles. The van der Waals surface area contributed by atoms with Gasteiger partial charge in [-0.2, -0.15) is 0 Å². The molecule has 150 valence electrons.